The quantitative estimate of drug-likeness (QED) is 0.941. The van der Waals surface area contributed by atoms with E-state index in [1.165, 1.54) is 23.5 Å². The first-order chi connectivity index (χ1) is 10.2. The summed E-state index contributed by atoms with van der Waals surface area (Å²) in [5, 5.41) is 6.75. The second-order valence-corrected chi connectivity index (χ2v) is 6.08. The number of hydrogen-bond donors (Lipinski definition) is 1. The van der Waals surface area contributed by atoms with Crippen molar-refractivity contribution in [2.75, 3.05) is 24.5 Å². The summed E-state index contributed by atoms with van der Waals surface area (Å²) in [6, 6.07) is 8.42. The molecule has 1 N–H and O–H groups in total. The van der Waals surface area contributed by atoms with Crippen molar-refractivity contribution in [2.45, 2.75) is 6.42 Å². The second-order valence-electron chi connectivity index (χ2n) is 5.30. The Morgan fingerprint density at radius 3 is 2.86 bits per heavy atom. The highest BCUT2D eigenvalue weighted by molar-refractivity contribution is 7.08. The van der Waals surface area contributed by atoms with Gasteiger partial charge in [-0.25, -0.2) is 4.39 Å². The van der Waals surface area contributed by atoms with Crippen molar-refractivity contribution in [3.8, 4) is 0 Å². The molecule has 1 aliphatic rings. The Bertz CT molecular complexity index is 597. The van der Waals surface area contributed by atoms with Gasteiger partial charge < -0.3 is 10.2 Å². The normalized spacial score (nSPS) is 18.0. The van der Waals surface area contributed by atoms with E-state index < -0.39 is 0 Å². The van der Waals surface area contributed by atoms with E-state index in [0.29, 0.717) is 12.5 Å². The number of benzene rings is 1. The van der Waals surface area contributed by atoms with Crippen molar-refractivity contribution in [1.29, 1.82) is 0 Å². The monoisotopic (exact) mass is 304 g/mol. The maximum Gasteiger partial charge on any atom is 0.252 e. The molecule has 5 heteroatoms. The molecule has 1 amide bonds. The minimum absolute atomic E-state index is 0.00326. The minimum atomic E-state index is -0.211. The van der Waals surface area contributed by atoms with Gasteiger partial charge in [-0.05, 0) is 48.1 Å². The van der Waals surface area contributed by atoms with Gasteiger partial charge in [0.15, 0.2) is 0 Å². The van der Waals surface area contributed by atoms with Crippen molar-refractivity contribution < 1.29 is 9.18 Å². The van der Waals surface area contributed by atoms with E-state index in [9.17, 15) is 9.18 Å². The lowest BCUT2D eigenvalue weighted by molar-refractivity contribution is 0.0948. The molecule has 0 aliphatic carbocycles. The average molecular weight is 304 g/mol. The molecule has 0 saturated carbocycles. The van der Waals surface area contributed by atoms with Gasteiger partial charge in [-0.3, -0.25) is 4.79 Å². The third-order valence-corrected chi connectivity index (χ3v) is 4.50. The number of rotatable bonds is 4. The summed E-state index contributed by atoms with van der Waals surface area (Å²) in [4.78, 5) is 14.1. The van der Waals surface area contributed by atoms with Crippen molar-refractivity contribution >= 4 is 22.9 Å². The molecule has 110 valence electrons. The van der Waals surface area contributed by atoms with Gasteiger partial charge in [0.1, 0.15) is 5.82 Å². The lowest BCUT2D eigenvalue weighted by atomic mass is 10.1. The Hall–Kier alpha value is -1.88. The van der Waals surface area contributed by atoms with Crippen LogP contribution in [0.25, 0.3) is 0 Å². The fourth-order valence-corrected chi connectivity index (χ4v) is 3.25. The highest BCUT2D eigenvalue weighted by atomic mass is 32.1. The van der Waals surface area contributed by atoms with Crippen LogP contribution >= 0.6 is 11.3 Å². The van der Waals surface area contributed by atoms with Gasteiger partial charge in [0.05, 0.1) is 0 Å². The fraction of sp³-hybridized carbons (Fsp3) is 0.312. The molecule has 1 unspecified atom stereocenters. The molecule has 1 atom stereocenters. The predicted molar refractivity (Wildman–Crippen MR) is 83.4 cm³/mol. The van der Waals surface area contributed by atoms with Gasteiger partial charge in [-0.1, -0.05) is 0 Å². The average Bonchev–Trinajstić information content (AvgIpc) is 3.17. The highest BCUT2D eigenvalue weighted by Crippen LogP contribution is 2.23. The maximum absolute atomic E-state index is 12.9. The molecule has 2 aromatic rings. The highest BCUT2D eigenvalue weighted by Gasteiger charge is 2.23. The molecule has 1 aromatic heterocycles. The van der Waals surface area contributed by atoms with Crippen LogP contribution in [0.2, 0.25) is 0 Å². The Balaban J connectivity index is 1.51. The van der Waals surface area contributed by atoms with E-state index >= 15 is 0 Å². The summed E-state index contributed by atoms with van der Waals surface area (Å²) in [5.41, 5.74) is 1.77. The lowest BCUT2D eigenvalue weighted by Gasteiger charge is -2.18. The van der Waals surface area contributed by atoms with Crippen LogP contribution in [0.1, 0.15) is 16.8 Å². The van der Waals surface area contributed by atoms with Crippen LogP contribution in [0.5, 0.6) is 0 Å². The van der Waals surface area contributed by atoms with Gasteiger partial charge in [-0.15, -0.1) is 0 Å². The SMILES string of the molecule is O=C(NCC1CCN(c2ccc(F)cc2)C1)c1ccsc1. The molecule has 2 heterocycles. The first kappa shape index (κ1) is 14.1. The summed E-state index contributed by atoms with van der Waals surface area (Å²) in [7, 11) is 0. The van der Waals surface area contributed by atoms with Crippen molar-refractivity contribution in [3.05, 3.63) is 52.5 Å². The molecule has 1 aromatic carbocycles. The van der Waals surface area contributed by atoms with Gasteiger partial charge >= 0.3 is 0 Å². The lowest BCUT2D eigenvalue weighted by Crippen LogP contribution is -2.30. The zero-order valence-electron chi connectivity index (χ0n) is 11.6. The van der Waals surface area contributed by atoms with E-state index in [-0.39, 0.29) is 11.7 Å². The molecular formula is C16H17FN2OS. The molecule has 0 radical (unpaired) electrons. The van der Waals surface area contributed by atoms with E-state index in [2.05, 4.69) is 10.2 Å². The minimum Gasteiger partial charge on any atom is -0.371 e. The summed E-state index contributed by atoms with van der Waals surface area (Å²) < 4.78 is 12.9. The molecule has 21 heavy (non-hydrogen) atoms. The Labute approximate surface area is 127 Å². The Morgan fingerprint density at radius 2 is 2.14 bits per heavy atom. The topological polar surface area (TPSA) is 32.3 Å². The van der Waals surface area contributed by atoms with Crippen molar-refractivity contribution in [1.82, 2.24) is 5.32 Å². The number of thiophene rings is 1. The van der Waals surface area contributed by atoms with Crippen LogP contribution in [-0.2, 0) is 0 Å². The predicted octanol–water partition coefficient (Wildman–Crippen LogP) is 3.14. The maximum atomic E-state index is 12.9. The van der Waals surface area contributed by atoms with Crippen LogP contribution < -0.4 is 10.2 Å². The van der Waals surface area contributed by atoms with Gasteiger partial charge in [0.25, 0.3) is 5.91 Å². The Kier molecular flexibility index (Phi) is 4.20. The summed E-state index contributed by atoms with van der Waals surface area (Å²) >= 11 is 1.53. The molecule has 3 rings (SSSR count). The van der Waals surface area contributed by atoms with Crippen LogP contribution in [0.3, 0.4) is 0 Å². The smallest absolute Gasteiger partial charge is 0.252 e. The van der Waals surface area contributed by atoms with E-state index in [4.69, 9.17) is 0 Å². The largest absolute Gasteiger partial charge is 0.371 e. The number of halogens is 1. The third kappa shape index (κ3) is 3.42. The summed E-state index contributed by atoms with van der Waals surface area (Å²) in [6.45, 7) is 2.53. The molecule has 1 saturated heterocycles. The first-order valence-electron chi connectivity index (χ1n) is 7.03. The zero-order valence-corrected chi connectivity index (χ0v) is 12.4. The summed E-state index contributed by atoms with van der Waals surface area (Å²) in [5.74, 6) is 0.228. The molecule has 1 aliphatic heterocycles. The van der Waals surface area contributed by atoms with Crippen molar-refractivity contribution in [3.63, 3.8) is 0 Å². The Morgan fingerprint density at radius 1 is 1.33 bits per heavy atom. The number of nitrogens with zero attached hydrogens (tertiary/aromatic N) is 1. The third-order valence-electron chi connectivity index (χ3n) is 3.81. The number of carbonyl (C=O) groups excluding carboxylic acids is 1. The molecule has 1 fully saturated rings. The van der Waals surface area contributed by atoms with Gasteiger partial charge in [0, 0.05) is 36.3 Å². The number of amides is 1. The first-order valence-corrected chi connectivity index (χ1v) is 7.97. The summed E-state index contributed by atoms with van der Waals surface area (Å²) in [6.07, 6.45) is 1.04. The van der Waals surface area contributed by atoms with E-state index in [0.717, 1.165) is 30.8 Å². The van der Waals surface area contributed by atoms with Gasteiger partial charge in [0.2, 0.25) is 0 Å². The molecule has 3 nitrogen and oxygen atoms in total. The van der Waals surface area contributed by atoms with E-state index in [1.807, 2.05) is 29.0 Å². The molecular weight excluding hydrogens is 287 g/mol. The number of hydrogen-bond acceptors (Lipinski definition) is 3. The van der Waals surface area contributed by atoms with Crippen LogP contribution in [0.4, 0.5) is 10.1 Å². The number of nitrogens with one attached hydrogen (secondary N) is 1. The number of anilines is 1. The van der Waals surface area contributed by atoms with Crippen LogP contribution in [-0.4, -0.2) is 25.5 Å². The zero-order chi connectivity index (χ0) is 14.7. The second kappa shape index (κ2) is 6.26. The van der Waals surface area contributed by atoms with Crippen molar-refractivity contribution in [2.24, 2.45) is 5.92 Å². The standard InChI is InChI=1S/C16H17FN2OS/c17-14-1-3-15(4-2-14)19-7-5-12(10-19)9-18-16(20)13-6-8-21-11-13/h1-4,6,8,11-12H,5,7,9-10H2,(H,18,20). The number of carbonyl (C=O) groups is 1. The fourth-order valence-electron chi connectivity index (χ4n) is 2.62. The van der Waals surface area contributed by atoms with E-state index in [1.54, 1.807) is 0 Å². The molecule has 0 spiro atoms. The van der Waals surface area contributed by atoms with Crippen LogP contribution in [0, 0.1) is 11.7 Å². The molecule has 0 bridgehead atoms. The van der Waals surface area contributed by atoms with Crippen LogP contribution in [0.15, 0.2) is 41.1 Å². The van der Waals surface area contributed by atoms with Gasteiger partial charge in [-0.2, -0.15) is 11.3 Å².